The fraction of sp³-hybridized carbons (Fsp3) is 0.400. The van der Waals surface area contributed by atoms with Gasteiger partial charge in [0.1, 0.15) is 11.6 Å². The summed E-state index contributed by atoms with van der Waals surface area (Å²) in [5.74, 6) is 0.416. The van der Waals surface area contributed by atoms with Crippen molar-refractivity contribution in [3.8, 4) is 5.75 Å². The Hall–Kier alpha value is -3.16. The summed E-state index contributed by atoms with van der Waals surface area (Å²) in [4.78, 5) is 34.0. The normalized spacial score (nSPS) is 14.5. The molecule has 2 aromatic rings. The van der Waals surface area contributed by atoms with E-state index in [-0.39, 0.29) is 17.4 Å². The van der Waals surface area contributed by atoms with Crippen molar-refractivity contribution in [3.05, 3.63) is 47.9 Å². The third-order valence-corrected chi connectivity index (χ3v) is 4.97. The maximum atomic E-state index is 12.5. The number of hydrogen-bond donors (Lipinski definition) is 2. The molecular formula is C20H24N4O4. The minimum absolute atomic E-state index is 0.01000. The molecule has 0 spiro atoms. The summed E-state index contributed by atoms with van der Waals surface area (Å²) in [5, 5.41) is 12.0. The predicted octanol–water partition coefficient (Wildman–Crippen LogP) is 1.76. The maximum Gasteiger partial charge on any atom is 0.335 e. The first-order valence-corrected chi connectivity index (χ1v) is 9.27. The van der Waals surface area contributed by atoms with Crippen LogP contribution in [0.3, 0.4) is 0 Å². The SMILES string of the molecule is COc1cc(C(=O)O)ccc1CCNC(=O)C1CCN(c2cnccn2)CC1. The number of ether oxygens (including phenoxy) is 1. The van der Waals surface area contributed by atoms with Crippen LogP contribution in [0.2, 0.25) is 0 Å². The highest BCUT2D eigenvalue weighted by atomic mass is 16.5. The highest BCUT2D eigenvalue weighted by Gasteiger charge is 2.25. The fourth-order valence-corrected chi connectivity index (χ4v) is 3.37. The molecular weight excluding hydrogens is 360 g/mol. The predicted molar refractivity (Wildman–Crippen MR) is 104 cm³/mol. The van der Waals surface area contributed by atoms with Gasteiger partial charge in [0.05, 0.1) is 18.9 Å². The van der Waals surface area contributed by atoms with Crippen molar-refractivity contribution in [1.82, 2.24) is 15.3 Å². The number of anilines is 1. The minimum atomic E-state index is -0.994. The standard InChI is InChI=1S/C20H24N4O4/c1-28-17-12-16(20(26)27)3-2-14(17)4-7-23-19(25)15-5-10-24(11-6-15)18-13-21-8-9-22-18/h2-3,8-9,12-13,15H,4-7,10-11H2,1H3,(H,23,25)(H,26,27). The molecule has 1 saturated heterocycles. The molecule has 8 heteroatoms. The van der Waals surface area contributed by atoms with E-state index >= 15 is 0 Å². The van der Waals surface area contributed by atoms with Crippen LogP contribution >= 0.6 is 0 Å². The van der Waals surface area contributed by atoms with Crippen LogP contribution in [0.5, 0.6) is 5.75 Å². The Morgan fingerprint density at radius 3 is 2.71 bits per heavy atom. The molecule has 1 fully saturated rings. The van der Waals surface area contributed by atoms with E-state index in [1.165, 1.54) is 13.2 Å². The molecule has 1 aromatic heterocycles. The van der Waals surface area contributed by atoms with Gasteiger partial charge in [0, 0.05) is 37.9 Å². The molecule has 0 atom stereocenters. The Morgan fingerprint density at radius 2 is 2.07 bits per heavy atom. The van der Waals surface area contributed by atoms with Crippen molar-refractivity contribution in [2.45, 2.75) is 19.3 Å². The van der Waals surface area contributed by atoms with Gasteiger partial charge in [-0.2, -0.15) is 0 Å². The van der Waals surface area contributed by atoms with E-state index in [2.05, 4.69) is 20.2 Å². The average Bonchev–Trinajstić information content (AvgIpc) is 2.74. The number of nitrogens with zero attached hydrogens (tertiary/aromatic N) is 3. The lowest BCUT2D eigenvalue weighted by Crippen LogP contribution is -2.41. The van der Waals surface area contributed by atoms with Crippen molar-refractivity contribution in [2.75, 3.05) is 31.6 Å². The van der Waals surface area contributed by atoms with E-state index in [0.717, 1.165) is 37.3 Å². The Bertz CT molecular complexity index is 820. The number of carboxylic acid groups (broad SMARTS) is 1. The Balaban J connectivity index is 1.47. The highest BCUT2D eigenvalue weighted by molar-refractivity contribution is 5.88. The molecule has 148 valence electrons. The fourth-order valence-electron chi connectivity index (χ4n) is 3.37. The first-order valence-electron chi connectivity index (χ1n) is 9.27. The second-order valence-corrected chi connectivity index (χ2v) is 6.70. The first kappa shape index (κ1) is 19.6. The maximum absolute atomic E-state index is 12.5. The van der Waals surface area contributed by atoms with Crippen LogP contribution in [0, 0.1) is 5.92 Å². The zero-order valence-electron chi connectivity index (χ0n) is 15.8. The Morgan fingerprint density at radius 1 is 1.29 bits per heavy atom. The number of carbonyl (C=O) groups excluding carboxylic acids is 1. The smallest absolute Gasteiger partial charge is 0.335 e. The summed E-state index contributed by atoms with van der Waals surface area (Å²) in [7, 11) is 1.51. The summed E-state index contributed by atoms with van der Waals surface area (Å²) in [6, 6.07) is 4.78. The number of carboxylic acids is 1. The van der Waals surface area contributed by atoms with Crippen molar-refractivity contribution in [2.24, 2.45) is 5.92 Å². The molecule has 1 aliphatic heterocycles. The summed E-state index contributed by atoms with van der Waals surface area (Å²) >= 11 is 0. The first-order chi connectivity index (χ1) is 13.6. The van der Waals surface area contributed by atoms with Gasteiger partial charge in [-0.1, -0.05) is 6.07 Å². The second-order valence-electron chi connectivity index (χ2n) is 6.70. The number of amides is 1. The summed E-state index contributed by atoms with van der Waals surface area (Å²) < 4.78 is 5.27. The molecule has 1 aliphatic rings. The molecule has 2 heterocycles. The minimum Gasteiger partial charge on any atom is -0.496 e. The number of hydrogen-bond acceptors (Lipinski definition) is 6. The number of carbonyl (C=O) groups is 2. The quantitative estimate of drug-likeness (QED) is 0.749. The molecule has 0 aliphatic carbocycles. The van der Waals surface area contributed by atoms with E-state index in [9.17, 15) is 9.59 Å². The lowest BCUT2D eigenvalue weighted by Gasteiger charge is -2.31. The molecule has 2 N–H and O–H groups in total. The Labute approximate surface area is 163 Å². The molecule has 3 rings (SSSR count). The molecule has 0 saturated carbocycles. The number of piperidine rings is 1. The number of aromatic nitrogens is 2. The van der Waals surface area contributed by atoms with Gasteiger partial charge >= 0.3 is 5.97 Å². The molecule has 8 nitrogen and oxygen atoms in total. The summed E-state index contributed by atoms with van der Waals surface area (Å²) in [6.07, 6.45) is 7.19. The lowest BCUT2D eigenvalue weighted by atomic mass is 9.96. The molecule has 0 radical (unpaired) electrons. The van der Waals surface area contributed by atoms with Gasteiger partial charge in [-0.05, 0) is 37.0 Å². The van der Waals surface area contributed by atoms with Crippen LogP contribution in [0.1, 0.15) is 28.8 Å². The average molecular weight is 384 g/mol. The van der Waals surface area contributed by atoms with Crippen molar-refractivity contribution >= 4 is 17.7 Å². The number of benzene rings is 1. The van der Waals surface area contributed by atoms with Gasteiger partial charge in [0.15, 0.2) is 0 Å². The van der Waals surface area contributed by atoms with E-state index in [4.69, 9.17) is 9.84 Å². The molecule has 1 aromatic carbocycles. The summed E-state index contributed by atoms with van der Waals surface area (Å²) in [6.45, 7) is 2.04. The number of rotatable bonds is 7. The van der Waals surface area contributed by atoms with Gasteiger partial charge in [0.2, 0.25) is 5.91 Å². The summed E-state index contributed by atoms with van der Waals surface area (Å²) in [5.41, 5.74) is 1.05. The Kier molecular flexibility index (Phi) is 6.41. The topological polar surface area (TPSA) is 105 Å². The van der Waals surface area contributed by atoms with Crippen LogP contribution in [-0.2, 0) is 11.2 Å². The second kappa shape index (κ2) is 9.16. The van der Waals surface area contributed by atoms with Gasteiger partial charge < -0.3 is 20.1 Å². The van der Waals surface area contributed by atoms with Gasteiger partial charge in [-0.15, -0.1) is 0 Å². The molecule has 0 unspecified atom stereocenters. The lowest BCUT2D eigenvalue weighted by molar-refractivity contribution is -0.125. The van der Waals surface area contributed by atoms with Crippen molar-refractivity contribution in [3.63, 3.8) is 0 Å². The van der Waals surface area contributed by atoms with E-state index in [1.54, 1.807) is 30.7 Å². The number of nitrogens with one attached hydrogen (secondary N) is 1. The third kappa shape index (κ3) is 4.76. The highest BCUT2D eigenvalue weighted by Crippen LogP contribution is 2.22. The van der Waals surface area contributed by atoms with Crippen LogP contribution in [0.15, 0.2) is 36.8 Å². The number of aromatic carboxylic acids is 1. The molecule has 0 bridgehead atoms. The zero-order chi connectivity index (χ0) is 19.9. The zero-order valence-corrected chi connectivity index (χ0v) is 15.8. The van der Waals surface area contributed by atoms with Gasteiger partial charge in [-0.25, -0.2) is 9.78 Å². The van der Waals surface area contributed by atoms with E-state index in [1.807, 2.05) is 0 Å². The molecule has 1 amide bonds. The van der Waals surface area contributed by atoms with Crippen LogP contribution in [-0.4, -0.2) is 53.7 Å². The monoisotopic (exact) mass is 384 g/mol. The largest absolute Gasteiger partial charge is 0.496 e. The van der Waals surface area contributed by atoms with Crippen LogP contribution in [0.4, 0.5) is 5.82 Å². The van der Waals surface area contributed by atoms with Crippen LogP contribution in [0.25, 0.3) is 0 Å². The van der Waals surface area contributed by atoms with Gasteiger partial charge in [-0.3, -0.25) is 9.78 Å². The van der Waals surface area contributed by atoms with E-state index in [0.29, 0.717) is 18.7 Å². The van der Waals surface area contributed by atoms with Gasteiger partial charge in [0.25, 0.3) is 0 Å². The van der Waals surface area contributed by atoms with Crippen LogP contribution < -0.4 is 15.0 Å². The third-order valence-electron chi connectivity index (χ3n) is 4.97. The number of methoxy groups -OCH3 is 1. The van der Waals surface area contributed by atoms with Crippen molar-refractivity contribution < 1.29 is 19.4 Å². The van der Waals surface area contributed by atoms with E-state index < -0.39 is 5.97 Å². The molecule has 28 heavy (non-hydrogen) atoms. The van der Waals surface area contributed by atoms with Crippen molar-refractivity contribution in [1.29, 1.82) is 0 Å².